The zero-order valence-corrected chi connectivity index (χ0v) is 4.00. The van der Waals surface area contributed by atoms with Crippen LogP contribution in [0.3, 0.4) is 0 Å². The van der Waals surface area contributed by atoms with Crippen LogP contribution in [0.1, 0.15) is 0 Å². The average molecular weight is 153 g/mol. The van der Waals surface area contributed by atoms with E-state index in [-0.39, 0.29) is 57.5 Å². The van der Waals surface area contributed by atoms with Crippen LogP contribution in [-0.4, -0.2) is 79.6 Å². The maximum atomic E-state index is 7.33. The first-order chi connectivity index (χ1) is 2.00. The molecule has 0 unspecified atom stereocenters. The Labute approximate surface area is 84.5 Å². The monoisotopic (exact) mass is 153 g/mol. The van der Waals surface area contributed by atoms with Gasteiger partial charge in [-0.25, -0.2) is 0 Å². The van der Waals surface area contributed by atoms with Crippen molar-refractivity contribution < 1.29 is 19.2 Å². The van der Waals surface area contributed by atoms with Crippen molar-refractivity contribution in [2.24, 2.45) is 0 Å². The van der Waals surface area contributed by atoms with Crippen molar-refractivity contribution in [2.45, 2.75) is 0 Å². The fourth-order valence-electron chi connectivity index (χ4n) is 0. The van der Waals surface area contributed by atoms with Crippen molar-refractivity contribution in [1.29, 1.82) is 0 Å². The summed E-state index contributed by atoms with van der Waals surface area (Å²) >= 11 is 0. The summed E-state index contributed by atoms with van der Waals surface area (Å²) in [5, 5.41) is 0. The molecule has 0 fully saturated rings. The van der Waals surface area contributed by atoms with Gasteiger partial charge in [0.15, 0.2) is 0 Å². The van der Waals surface area contributed by atoms with Gasteiger partial charge in [0.25, 0.3) is 0 Å². The Bertz CT molecular complexity index is 27.2. The third-order valence-electron chi connectivity index (χ3n) is 0. The summed E-state index contributed by atoms with van der Waals surface area (Å²) in [4.78, 5) is 29.3. The first kappa shape index (κ1) is 15.9. The number of hydrogen-bond donors (Lipinski definition) is 5. The van der Waals surface area contributed by atoms with Crippen molar-refractivity contribution in [3.63, 3.8) is 0 Å². The zero-order chi connectivity index (χ0) is 4.50. The van der Waals surface area contributed by atoms with Gasteiger partial charge in [0.2, 0.25) is 0 Å². The molecule has 0 spiro atoms. The molecule has 7 heavy (non-hydrogen) atoms. The molecule has 7 heteroatoms. The van der Waals surface area contributed by atoms with Crippen LogP contribution in [0.2, 0.25) is 0 Å². The third-order valence-corrected chi connectivity index (χ3v) is 0. The molecule has 0 aromatic carbocycles. The summed E-state index contributed by atoms with van der Waals surface area (Å²) < 4.78 is 0. The summed E-state index contributed by atoms with van der Waals surface area (Å²) in [6, 6.07) is 0. The Morgan fingerprint density at radius 1 is 0.857 bits per heavy atom. The molecule has 0 rings (SSSR count). The first-order valence-electron chi connectivity index (χ1n) is 0.894. The molecule has 0 aromatic rings. The molecule has 0 bridgehead atoms. The summed E-state index contributed by atoms with van der Waals surface area (Å²) in [6.45, 7) is 0. The first-order valence-corrected chi connectivity index (χ1v) is 2.68. The molecule has 0 atom stereocenters. The van der Waals surface area contributed by atoms with Gasteiger partial charge in [-0.05, 0) is 0 Å². The molecule has 0 heterocycles. The second-order valence-corrected chi connectivity index (χ2v) is 1.80. The van der Waals surface area contributed by atoms with E-state index in [1.54, 1.807) is 0 Å². The molecular weight excluding hydrogens is 145 g/mol. The van der Waals surface area contributed by atoms with Crippen LogP contribution in [0.15, 0.2) is 0 Å². The molecule has 0 aliphatic carbocycles. The molecule has 0 aliphatic rings. The maximum absolute atomic E-state index is 7.33. The van der Waals surface area contributed by atoms with Gasteiger partial charge >= 0.3 is 60.4 Å². The molecule has 7 N–H and O–H groups in total. The van der Waals surface area contributed by atoms with E-state index < -0.39 is 9.05 Å². The van der Waals surface area contributed by atoms with E-state index >= 15 is 0 Å². The Hall–Kier alpha value is 1.65. The van der Waals surface area contributed by atoms with Gasteiger partial charge in [-0.1, -0.05) is 0 Å². The Kier molecular flexibility index (Phi) is 13.1. The van der Waals surface area contributed by atoms with Gasteiger partial charge in [0.1, 0.15) is 0 Å². The molecule has 42 valence electrons. The fourth-order valence-corrected chi connectivity index (χ4v) is 0. The third kappa shape index (κ3) is 89.5. The van der Waals surface area contributed by atoms with Crippen LogP contribution in [0.25, 0.3) is 0 Å². The molecule has 0 aromatic heterocycles. The van der Waals surface area contributed by atoms with Crippen molar-refractivity contribution in [3.8, 4) is 0 Å². The van der Waals surface area contributed by atoms with Crippen molar-refractivity contribution in [3.05, 3.63) is 0 Å². The number of rotatable bonds is 0. The van der Waals surface area contributed by atoms with Gasteiger partial charge in [-0.3, -0.25) is 0 Å². The fraction of sp³-hybridized carbons (Fsp3) is 0. The zero-order valence-electron chi connectivity index (χ0n) is 3.00. The van der Waals surface area contributed by atoms with Crippen LogP contribution in [0, 0.1) is 0 Å². The minimum absolute atomic E-state index is 0. The summed E-state index contributed by atoms with van der Waals surface area (Å²) in [6.07, 6.45) is 0. The van der Waals surface area contributed by atoms with Crippen molar-refractivity contribution in [1.82, 2.24) is 6.15 Å². The molecule has 0 radical (unpaired) electrons. The topological polar surface area (TPSA) is 116 Å². The van der Waals surface area contributed by atoms with Crippen LogP contribution in [0.5, 0.6) is 0 Å². The molecule has 0 amide bonds. The normalized spacial score (nSPS) is 8.57. The van der Waals surface area contributed by atoms with E-state index in [0.717, 1.165) is 0 Å². The molecular formula is H8KNO4Si. The number of hydrogen-bond acceptors (Lipinski definition) is 5. The van der Waals surface area contributed by atoms with Gasteiger partial charge in [-0.2, -0.15) is 0 Å². The molecule has 0 saturated carbocycles. The van der Waals surface area contributed by atoms with E-state index in [0.29, 0.717) is 0 Å². The van der Waals surface area contributed by atoms with Crippen LogP contribution >= 0.6 is 0 Å². The van der Waals surface area contributed by atoms with Crippen molar-refractivity contribution >= 4 is 60.4 Å². The molecule has 0 aliphatic heterocycles. The average Bonchev–Trinajstić information content (AvgIpc) is 0.722. The van der Waals surface area contributed by atoms with E-state index in [4.69, 9.17) is 19.2 Å². The second-order valence-electron chi connectivity index (χ2n) is 0.600. The van der Waals surface area contributed by atoms with Crippen LogP contribution < -0.4 is 6.15 Å². The van der Waals surface area contributed by atoms with Crippen LogP contribution in [-0.2, 0) is 0 Å². The standard InChI is InChI=1S/K.H3N.H4O4Si.H/c;;1-5(2,3)4;/h;1H3;1-4H;. The summed E-state index contributed by atoms with van der Waals surface area (Å²) in [5.41, 5.74) is 0. The second kappa shape index (κ2) is 5.78. The Morgan fingerprint density at radius 3 is 0.857 bits per heavy atom. The molecule has 5 nitrogen and oxygen atoms in total. The van der Waals surface area contributed by atoms with E-state index in [9.17, 15) is 0 Å². The quantitative estimate of drug-likeness (QED) is 0.236. The van der Waals surface area contributed by atoms with Gasteiger partial charge in [0.05, 0.1) is 0 Å². The van der Waals surface area contributed by atoms with Gasteiger partial charge in [-0.15, -0.1) is 0 Å². The van der Waals surface area contributed by atoms with Gasteiger partial charge < -0.3 is 25.3 Å². The van der Waals surface area contributed by atoms with Crippen molar-refractivity contribution in [2.75, 3.05) is 0 Å². The van der Waals surface area contributed by atoms with E-state index in [1.807, 2.05) is 0 Å². The predicted octanol–water partition coefficient (Wildman–Crippen LogP) is -3.10. The Morgan fingerprint density at radius 2 is 0.857 bits per heavy atom. The minimum atomic E-state index is -4.61. The van der Waals surface area contributed by atoms with E-state index in [2.05, 4.69) is 0 Å². The molecule has 0 saturated heterocycles. The van der Waals surface area contributed by atoms with E-state index in [1.165, 1.54) is 0 Å². The van der Waals surface area contributed by atoms with Crippen LogP contribution in [0.4, 0.5) is 0 Å². The summed E-state index contributed by atoms with van der Waals surface area (Å²) in [5.74, 6) is 0. The predicted molar refractivity (Wildman–Crippen MR) is 26.8 cm³/mol. The SMILES string of the molecule is N.O[Si](O)(O)O.[KH]. The van der Waals surface area contributed by atoms with Gasteiger partial charge in [0, 0.05) is 0 Å². The Balaban J connectivity index is -0.0000000800. The summed E-state index contributed by atoms with van der Waals surface area (Å²) in [7, 11) is -4.61.